The number of nitrogens with two attached hydrogens (primary N) is 4. The third kappa shape index (κ3) is 26.3. The van der Waals surface area contributed by atoms with E-state index in [-0.39, 0.29) is 34.4 Å². The van der Waals surface area contributed by atoms with Gasteiger partial charge in [0.05, 0.1) is 65.1 Å². The van der Waals surface area contributed by atoms with Crippen molar-refractivity contribution >= 4 is 159 Å². The Kier molecular flexibility index (Phi) is 33.8. The lowest BCUT2D eigenvalue weighted by Crippen LogP contribution is -2.17. The van der Waals surface area contributed by atoms with Gasteiger partial charge in [0.25, 0.3) is 34.8 Å². The van der Waals surface area contributed by atoms with Gasteiger partial charge in [0.2, 0.25) is 10.0 Å². The number of rotatable bonds is 19. The Morgan fingerprint density at radius 3 is 1.09 bits per heavy atom. The summed E-state index contributed by atoms with van der Waals surface area (Å²) in [6.07, 6.45) is 0. The number of nitrogens with one attached hydrogen (secondary N) is 6. The maximum atomic E-state index is 12.8. The predicted octanol–water partition coefficient (Wildman–Crippen LogP) is 21.0. The summed E-state index contributed by atoms with van der Waals surface area (Å²) in [6.45, 7) is 6.17. The van der Waals surface area contributed by atoms with Gasteiger partial charge in [0.15, 0.2) is 0 Å². The van der Waals surface area contributed by atoms with Crippen LogP contribution in [-0.2, 0) is 19.5 Å². The van der Waals surface area contributed by atoms with Gasteiger partial charge in [-0.1, -0.05) is 164 Å². The second kappa shape index (κ2) is 45.7. The van der Waals surface area contributed by atoms with E-state index in [2.05, 4.69) is 82.4 Å². The Bertz CT molecular complexity index is 6760. The van der Waals surface area contributed by atoms with Crippen LogP contribution in [0.4, 0.5) is 39.8 Å². The number of carbonyl (C=O) groups excluding carboxylic acids is 8. The Labute approximate surface area is 759 Å². The van der Waals surface area contributed by atoms with E-state index in [0.29, 0.717) is 109 Å². The van der Waals surface area contributed by atoms with Crippen LogP contribution in [0.5, 0.6) is 0 Å². The number of methoxy groups -OCH3 is 2. The molecular formula is C98H81ClN12O12S5. The number of carbonyl (C=O) groups is 8. The van der Waals surface area contributed by atoms with Crippen LogP contribution in [-0.4, -0.2) is 75.2 Å². The van der Waals surface area contributed by atoms with Crippen LogP contribution in [0.15, 0.2) is 318 Å². The number of primary sulfonamides is 1. The number of thiophene rings is 4. The zero-order valence-corrected chi connectivity index (χ0v) is 73.9. The van der Waals surface area contributed by atoms with Crippen LogP contribution >= 0.6 is 56.9 Å². The maximum Gasteiger partial charge on any atom is 0.350 e. The summed E-state index contributed by atoms with van der Waals surface area (Å²) in [5.74, 6) is -2.70. The van der Waals surface area contributed by atoms with Crippen molar-refractivity contribution in [3.63, 3.8) is 0 Å². The molecule has 0 atom stereocenters. The van der Waals surface area contributed by atoms with Crippen molar-refractivity contribution in [1.82, 2.24) is 0 Å². The first-order chi connectivity index (χ1) is 61.5. The first-order valence-corrected chi connectivity index (χ1v) is 43.9. The zero-order chi connectivity index (χ0) is 92.0. The highest BCUT2D eigenvalue weighted by atomic mass is 35.5. The molecule has 0 aliphatic carbocycles. The summed E-state index contributed by atoms with van der Waals surface area (Å²) in [7, 11) is -1.27. The third-order valence-electron chi connectivity index (χ3n) is 18.7. The Hall–Kier alpha value is -15.6. The number of nitrogen functional groups attached to an aromatic ring is 3. The molecular weight excluding hydrogens is 1730 g/mol. The predicted molar refractivity (Wildman–Crippen MR) is 512 cm³/mol. The van der Waals surface area contributed by atoms with Gasteiger partial charge in [-0.3, -0.25) is 34.2 Å². The summed E-state index contributed by atoms with van der Waals surface area (Å²) >= 11 is 10.3. The summed E-state index contributed by atoms with van der Waals surface area (Å²) in [6, 6.07) is 90.0. The third-order valence-corrected chi connectivity index (χ3v) is 23.5. The number of aryl methyl sites for hydroxylation is 3. The van der Waals surface area contributed by atoms with Crippen LogP contribution in [0.1, 0.15) is 113 Å². The van der Waals surface area contributed by atoms with Crippen LogP contribution in [0, 0.1) is 48.8 Å². The van der Waals surface area contributed by atoms with Crippen molar-refractivity contribution in [2.24, 2.45) is 10.9 Å². The van der Waals surface area contributed by atoms with Crippen molar-refractivity contribution in [2.45, 2.75) is 25.7 Å². The summed E-state index contributed by atoms with van der Waals surface area (Å²) < 4.78 is 33.0. The lowest BCUT2D eigenvalue weighted by Gasteiger charge is -2.10. The van der Waals surface area contributed by atoms with E-state index in [1.54, 1.807) is 197 Å². The largest absolute Gasteiger partial charge is 0.465 e. The van der Waals surface area contributed by atoms with E-state index in [1.165, 1.54) is 87.9 Å². The quantitative estimate of drug-likeness (QED) is 0.0118. The normalized spacial score (nSPS) is 10.3. The summed E-state index contributed by atoms with van der Waals surface area (Å²) in [5.41, 5.74) is 34.3. The van der Waals surface area contributed by atoms with E-state index in [0.717, 1.165) is 27.8 Å². The lowest BCUT2D eigenvalue weighted by atomic mass is 9.99. The molecule has 0 radical (unpaired) electrons. The molecule has 0 saturated heterocycles. The molecule has 0 saturated carbocycles. The fourth-order valence-electron chi connectivity index (χ4n) is 12.2. The molecule has 5 amide bonds. The number of nitriles is 2. The second-order valence-electron chi connectivity index (χ2n) is 27.4. The second-order valence-corrected chi connectivity index (χ2v) is 33.0. The van der Waals surface area contributed by atoms with Crippen LogP contribution in [0.3, 0.4) is 0 Å². The molecule has 30 heteroatoms. The smallest absolute Gasteiger partial charge is 0.350 e. The van der Waals surface area contributed by atoms with E-state index >= 15 is 0 Å². The number of anilines is 7. The van der Waals surface area contributed by atoms with Gasteiger partial charge in [0.1, 0.15) is 25.3 Å². The van der Waals surface area contributed by atoms with Crippen molar-refractivity contribution < 1.29 is 56.2 Å². The van der Waals surface area contributed by atoms with E-state index in [1.807, 2.05) is 91.0 Å². The highest BCUT2D eigenvalue weighted by Gasteiger charge is 2.22. The van der Waals surface area contributed by atoms with Crippen LogP contribution in [0.25, 0.3) is 44.5 Å². The van der Waals surface area contributed by atoms with Gasteiger partial charge in [0, 0.05) is 50.4 Å². The molecule has 0 aliphatic rings. The number of sulfonamides is 1. The molecule has 0 unspecified atom stereocenters. The molecule has 24 nitrogen and oxygen atoms in total. The Morgan fingerprint density at radius 1 is 0.375 bits per heavy atom. The SMILES string of the molecule is COC(=O)c1sccc1N.COC(=O)c1sccc1NC(=O)c1ccc(-c2ccccc2C)cc1.Cc1ccccc1-c1ccc(C(=O)Cl)cc1.Cc1ccccc1-c1ccc(C(=O)Nc2ccsc2C(=O)Nc2cccc(C#N)c2)cc1.N#Cc1cccc(N)c1.N=C(N)c1cccc(NC(=O)c2sccc2NC(=O)c2ccc(-c3ccccc3S(N)(=O)=O)cc2)c1. The minimum absolute atomic E-state index is 0.00929. The van der Waals surface area contributed by atoms with Crippen molar-refractivity contribution in [1.29, 1.82) is 15.9 Å². The highest BCUT2D eigenvalue weighted by Crippen LogP contribution is 2.33. The molecule has 0 fully saturated rings. The Balaban J connectivity index is 0.000000170. The zero-order valence-electron chi connectivity index (χ0n) is 69.0. The summed E-state index contributed by atoms with van der Waals surface area (Å²) in [5, 5.41) is 50.6. The number of hydrogen-bond acceptors (Lipinski definition) is 21. The molecule has 14 N–H and O–H groups in total. The Morgan fingerprint density at radius 2 is 0.719 bits per heavy atom. The standard InChI is InChI=1S/C26H19N3O2S.C25H21N5O4S2.C20H17NO3S.C14H11ClO.C7H6N2.C6H7NO2S/c1-17-5-2-3-8-22(17)19-9-11-20(12-10-19)25(30)29-23-13-14-32-24(23)26(31)28-21-7-4-6-18(15-21)16-27;26-23(27)17-4-3-5-18(14-17)29-25(32)22-20(12-13-35-22)30-24(31)16-10-8-15(9-11-16)19-6-1-2-7-21(19)36(28,33)34;1-13-5-3-4-6-16(13)14-7-9-15(10-8-14)19(22)21-17-11-12-25-18(17)20(23)24-2;1-10-4-2-3-5-13(10)11-6-8-12(9-7-11)14(15)16;8-5-6-2-1-3-7(9)4-6;1-9-6(8)5-4(7)2-3-10-5/h2-15H,1H3,(H,28,31)(H,29,30);1-14H,(H3,26,27)(H,29,32)(H,30,31)(H2,28,33,34);3-12H,1-2H3,(H,21,22);2-9H,1H3;1-4H,9H2;2-3H,7H2,1H3. The molecule has 15 aromatic rings. The van der Waals surface area contributed by atoms with Crippen molar-refractivity contribution in [3.05, 3.63) is 388 Å². The number of esters is 2. The topological polar surface area (TPSA) is 425 Å². The maximum absolute atomic E-state index is 12.8. The molecule has 4 heterocycles. The van der Waals surface area contributed by atoms with Gasteiger partial charge in [-0.05, 0) is 237 Å². The number of hydrogen-bond donors (Lipinski definition) is 10. The molecule has 0 aliphatic heterocycles. The molecule has 128 heavy (non-hydrogen) atoms. The first kappa shape index (κ1) is 94.7. The number of benzene rings is 11. The molecule has 642 valence electrons. The monoisotopic (exact) mass is 1810 g/mol. The van der Waals surface area contributed by atoms with E-state index in [4.69, 9.17) is 54.6 Å². The number of ether oxygens (including phenoxy) is 2. The van der Waals surface area contributed by atoms with Gasteiger partial charge in [-0.2, -0.15) is 10.5 Å². The van der Waals surface area contributed by atoms with Crippen LogP contribution < -0.4 is 48.9 Å². The average molecular weight is 1810 g/mol. The molecule has 4 aromatic heterocycles. The number of amides is 5. The van der Waals surface area contributed by atoms with Crippen LogP contribution in [0.2, 0.25) is 0 Å². The minimum atomic E-state index is -3.92. The number of halogens is 1. The van der Waals surface area contributed by atoms with Crippen molar-refractivity contribution in [2.75, 3.05) is 52.3 Å². The highest BCUT2D eigenvalue weighted by molar-refractivity contribution is 7.89. The van der Waals surface area contributed by atoms with Gasteiger partial charge in [-0.25, -0.2) is 23.1 Å². The minimum Gasteiger partial charge on any atom is -0.465 e. The van der Waals surface area contributed by atoms with E-state index in [9.17, 15) is 46.8 Å². The summed E-state index contributed by atoms with van der Waals surface area (Å²) in [4.78, 5) is 98.5. The fourth-order valence-corrected chi connectivity index (χ4v) is 16.1. The first-order valence-electron chi connectivity index (χ1n) is 38.4. The van der Waals surface area contributed by atoms with Gasteiger partial charge < -0.3 is 53.3 Å². The molecule has 0 spiro atoms. The van der Waals surface area contributed by atoms with Crippen molar-refractivity contribution in [3.8, 4) is 56.6 Å². The molecule has 0 bridgehead atoms. The van der Waals surface area contributed by atoms with Gasteiger partial charge in [-0.15, -0.1) is 45.3 Å². The van der Waals surface area contributed by atoms with E-state index < -0.39 is 33.0 Å². The molecule has 11 aromatic carbocycles. The lowest BCUT2D eigenvalue weighted by molar-refractivity contribution is 0.0598. The van der Waals surface area contributed by atoms with Gasteiger partial charge >= 0.3 is 11.9 Å². The molecule has 15 rings (SSSR count). The number of nitrogens with zero attached hydrogens (tertiary/aromatic N) is 2. The fraction of sp³-hybridized carbons (Fsp3) is 0.0510. The average Bonchev–Trinajstić information content (AvgIpc) is 1.13. The number of amidine groups is 1.